The number of rotatable bonds is 2. The fourth-order valence-corrected chi connectivity index (χ4v) is 3.24. The highest BCUT2D eigenvalue weighted by atomic mass is 16.2. The van der Waals surface area contributed by atoms with E-state index in [1.807, 2.05) is 35.2 Å². The molecular formula is C18H18N4O. The molecule has 5 heteroatoms. The number of nitrogens with zero attached hydrogens (tertiary/aromatic N) is 3. The van der Waals surface area contributed by atoms with Crippen molar-refractivity contribution in [2.75, 3.05) is 6.54 Å². The number of hydrogen-bond donors (Lipinski definition) is 1. The number of benzene rings is 1. The highest BCUT2D eigenvalue weighted by Crippen LogP contribution is 2.31. The second kappa shape index (κ2) is 5.83. The number of carbonyl (C=O) groups excluding carboxylic acids is 1. The van der Waals surface area contributed by atoms with Crippen LogP contribution in [0.25, 0.3) is 11.0 Å². The molecule has 0 spiro atoms. The molecule has 1 atom stereocenters. The predicted molar refractivity (Wildman–Crippen MR) is 88.0 cm³/mol. The molecule has 2 aromatic heterocycles. The first-order chi connectivity index (χ1) is 11.3. The molecule has 1 aromatic carbocycles. The molecule has 1 N–H and O–H groups in total. The first-order valence-corrected chi connectivity index (χ1v) is 7.98. The summed E-state index contributed by atoms with van der Waals surface area (Å²) in [6.07, 6.45) is 6.39. The summed E-state index contributed by atoms with van der Waals surface area (Å²) in [4.78, 5) is 26.9. The highest BCUT2D eigenvalue weighted by Gasteiger charge is 2.30. The van der Waals surface area contributed by atoms with E-state index < -0.39 is 0 Å². The monoisotopic (exact) mass is 306 g/mol. The second-order valence-electron chi connectivity index (χ2n) is 5.89. The van der Waals surface area contributed by atoms with Gasteiger partial charge in [0, 0.05) is 18.9 Å². The molecule has 0 unspecified atom stereocenters. The van der Waals surface area contributed by atoms with Gasteiger partial charge in [-0.1, -0.05) is 12.1 Å². The van der Waals surface area contributed by atoms with Crippen LogP contribution in [0.3, 0.4) is 0 Å². The number of hydrogen-bond acceptors (Lipinski definition) is 3. The van der Waals surface area contributed by atoms with Crippen LogP contribution >= 0.6 is 0 Å². The molecule has 23 heavy (non-hydrogen) atoms. The van der Waals surface area contributed by atoms with E-state index in [1.165, 1.54) is 0 Å². The smallest absolute Gasteiger partial charge is 0.256 e. The van der Waals surface area contributed by atoms with Crippen molar-refractivity contribution in [3.8, 4) is 0 Å². The van der Waals surface area contributed by atoms with Crippen molar-refractivity contribution in [2.24, 2.45) is 0 Å². The molecule has 1 aliphatic rings. The lowest BCUT2D eigenvalue weighted by atomic mass is 10.0. The van der Waals surface area contributed by atoms with E-state index >= 15 is 0 Å². The Hall–Kier alpha value is -2.69. The third-order valence-electron chi connectivity index (χ3n) is 4.40. The van der Waals surface area contributed by atoms with Crippen LogP contribution in [-0.4, -0.2) is 32.3 Å². The molecule has 3 heterocycles. The number of pyridine rings is 1. The number of H-pyrrole nitrogens is 1. The van der Waals surface area contributed by atoms with Crippen molar-refractivity contribution in [3.63, 3.8) is 0 Å². The van der Waals surface area contributed by atoms with Crippen LogP contribution in [-0.2, 0) is 0 Å². The molecular weight excluding hydrogens is 288 g/mol. The van der Waals surface area contributed by atoms with Crippen molar-refractivity contribution < 1.29 is 4.79 Å². The van der Waals surface area contributed by atoms with Gasteiger partial charge in [-0.15, -0.1) is 0 Å². The summed E-state index contributed by atoms with van der Waals surface area (Å²) in [7, 11) is 0. The van der Waals surface area contributed by atoms with Crippen LogP contribution in [0.1, 0.15) is 41.5 Å². The normalized spacial score (nSPS) is 18.3. The number of aromatic nitrogens is 3. The van der Waals surface area contributed by atoms with Gasteiger partial charge in [0.15, 0.2) is 0 Å². The van der Waals surface area contributed by atoms with Gasteiger partial charge in [-0.25, -0.2) is 4.98 Å². The van der Waals surface area contributed by atoms with Gasteiger partial charge in [0.1, 0.15) is 5.82 Å². The molecule has 1 aliphatic heterocycles. The topological polar surface area (TPSA) is 61.9 Å². The molecule has 0 saturated carbocycles. The fraction of sp³-hybridized carbons (Fsp3) is 0.278. The summed E-state index contributed by atoms with van der Waals surface area (Å²) in [6, 6.07) is 11.6. The van der Waals surface area contributed by atoms with Crippen molar-refractivity contribution >= 4 is 16.9 Å². The number of nitrogens with one attached hydrogen (secondary N) is 1. The van der Waals surface area contributed by atoms with Crippen LogP contribution < -0.4 is 0 Å². The number of para-hydroxylation sites is 2. The van der Waals surface area contributed by atoms with Gasteiger partial charge >= 0.3 is 0 Å². The predicted octanol–water partition coefficient (Wildman–Crippen LogP) is 3.33. The zero-order valence-electron chi connectivity index (χ0n) is 12.8. The third-order valence-corrected chi connectivity index (χ3v) is 4.40. The van der Waals surface area contributed by atoms with Crippen LogP contribution in [0, 0.1) is 0 Å². The average molecular weight is 306 g/mol. The van der Waals surface area contributed by atoms with E-state index in [-0.39, 0.29) is 11.9 Å². The lowest BCUT2D eigenvalue weighted by molar-refractivity contribution is 0.0601. The maximum atomic E-state index is 12.8. The van der Waals surface area contributed by atoms with Crippen molar-refractivity contribution in [1.82, 2.24) is 19.9 Å². The Kier molecular flexibility index (Phi) is 3.54. The van der Waals surface area contributed by atoms with Crippen LogP contribution in [0.2, 0.25) is 0 Å². The molecule has 3 aromatic rings. The Bertz CT molecular complexity index is 794. The number of likely N-dealkylation sites (tertiary alicyclic amines) is 1. The van der Waals surface area contributed by atoms with Crippen molar-refractivity contribution in [3.05, 3.63) is 60.2 Å². The summed E-state index contributed by atoms with van der Waals surface area (Å²) in [5, 5.41) is 0. The Labute approximate surface area is 134 Å². The Balaban J connectivity index is 1.69. The molecule has 4 rings (SSSR count). The Morgan fingerprint density at radius 2 is 2.09 bits per heavy atom. The zero-order chi connectivity index (χ0) is 15.6. The minimum atomic E-state index is 0.00357. The molecule has 0 bridgehead atoms. The maximum Gasteiger partial charge on any atom is 0.256 e. The summed E-state index contributed by atoms with van der Waals surface area (Å²) >= 11 is 0. The third kappa shape index (κ3) is 2.59. The molecule has 0 aliphatic carbocycles. The zero-order valence-corrected chi connectivity index (χ0v) is 12.8. The van der Waals surface area contributed by atoms with Crippen LogP contribution in [0.15, 0.2) is 48.8 Å². The van der Waals surface area contributed by atoms with E-state index in [1.54, 1.807) is 18.5 Å². The summed E-state index contributed by atoms with van der Waals surface area (Å²) in [5.74, 6) is 0.909. The van der Waals surface area contributed by atoms with Crippen LogP contribution in [0.5, 0.6) is 0 Å². The number of amides is 1. The second-order valence-corrected chi connectivity index (χ2v) is 5.89. The highest BCUT2D eigenvalue weighted by molar-refractivity contribution is 5.94. The first-order valence-electron chi connectivity index (χ1n) is 7.98. The van der Waals surface area contributed by atoms with Crippen molar-refractivity contribution in [1.29, 1.82) is 0 Å². The molecule has 0 radical (unpaired) electrons. The number of fused-ring (bicyclic) bond motifs is 1. The minimum Gasteiger partial charge on any atom is -0.340 e. The van der Waals surface area contributed by atoms with Gasteiger partial charge in [-0.3, -0.25) is 9.78 Å². The van der Waals surface area contributed by atoms with Crippen molar-refractivity contribution in [2.45, 2.75) is 25.3 Å². The minimum absolute atomic E-state index is 0.00357. The largest absolute Gasteiger partial charge is 0.340 e. The Morgan fingerprint density at radius 3 is 2.91 bits per heavy atom. The summed E-state index contributed by atoms with van der Waals surface area (Å²) in [5.41, 5.74) is 2.60. The lowest BCUT2D eigenvalue weighted by Gasteiger charge is -2.34. The van der Waals surface area contributed by atoms with Gasteiger partial charge in [0.25, 0.3) is 5.91 Å². The Morgan fingerprint density at radius 1 is 1.17 bits per heavy atom. The van der Waals surface area contributed by atoms with Gasteiger partial charge in [-0.2, -0.15) is 0 Å². The van der Waals surface area contributed by atoms with Gasteiger partial charge < -0.3 is 9.88 Å². The summed E-state index contributed by atoms with van der Waals surface area (Å²) in [6.45, 7) is 0.759. The average Bonchev–Trinajstić information content (AvgIpc) is 3.06. The lowest BCUT2D eigenvalue weighted by Crippen LogP contribution is -2.39. The number of aromatic amines is 1. The standard InChI is InChI=1S/C18H18N4O/c23-18(13-6-5-10-19-12-13)22-11-4-3-9-16(22)17-20-14-7-1-2-8-15(14)21-17/h1-2,5-8,10,12,16H,3-4,9,11H2,(H,20,21)/t16-/m0/s1. The molecule has 1 saturated heterocycles. The maximum absolute atomic E-state index is 12.8. The molecule has 5 nitrogen and oxygen atoms in total. The van der Waals surface area contributed by atoms with E-state index in [0.717, 1.165) is 42.7 Å². The number of piperidine rings is 1. The van der Waals surface area contributed by atoms with E-state index in [9.17, 15) is 4.79 Å². The SMILES string of the molecule is O=C(c1cccnc1)N1CCCC[C@H]1c1nc2ccccc2[nH]1. The van der Waals surface area contributed by atoms with E-state index in [2.05, 4.69) is 9.97 Å². The molecule has 1 amide bonds. The number of carbonyl (C=O) groups is 1. The first kappa shape index (κ1) is 13.9. The van der Waals surface area contributed by atoms with Gasteiger partial charge in [0.2, 0.25) is 0 Å². The number of imidazole rings is 1. The summed E-state index contributed by atoms with van der Waals surface area (Å²) < 4.78 is 0. The van der Waals surface area contributed by atoms with Crippen LogP contribution in [0.4, 0.5) is 0 Å². The quantitative estimate of drug-likeness (QED) is 0.790. The molecule has 116 valence electrons. The van der Waals surface area contributed by atoms with Gasteiger partial charge in [-0.05, 0) is 43.5 Å². The van der Waals surface area contributed by atoms with E-state index in [0.29, 0.717) is 5.56 Å². The fourth-order valence-electron chi connectivity index (χ4n) is 3.24. The van der Waals surface area contributed by atoms with E-state index in [4.69, 9.17) is 4.98 Å². The van der Waals surface area contributed by atoms with Gasteiger partial charge in [0.05, 0.1) is 22.6 Å². The molecule has 1 fully saturated rings.